The summed E-state index contributed by atoms with van der Waals surface area (Å²) < 4.78 is 53.5. The van der Waals surface area contributed by atoms with Crippen molar-refractivity contribution in [1.82, 2.24) is 9.80 Å². The minimum absolute atomic E-state index is 0.0840. The predicted molar refractivity (Wildman–Crippen MR) is 128 cm³/mol. The fraction of sp³-hybridized carbons (Fsp3) is 0.481. The Morgan fingerprint density at radius 2 is 1.65 bits per heavy atom. The number of hydrogen-bond acceptors (Lipinski definition) is 5. The maximum absolute atomic E-state index is 13.2. The second-order valence-corrected chi connectivity index (χ2v) is 10.1. The molecule has 2 amide bonds. The molecule has 1 aliphatic carbocycles. The fourth-order valence-electron chi connectivity index (χ4n) is 5.03. The largest absolute Gasteiger partial charge is 0.573 e. The first kappa shape index (κ1) is 25.2. The van der Waals surface area contributed by atoms with Crippen molar-refractivity contribution in [2.45, 2.75) is 32.0 Å². The van der Waals surface area contributed by atoms with Gasteiger partial charge in [0.1, 0.15) is 5.75 Å². The Kier molecular flexibility index (Phi) is 6.68. The zero-order valence-electron chi connectivity index (χ0n) is 20.6. The maximum Gasteiger partial charge on any atom is 0.573 e. The summed E-state index contributed by atoms with van der Waals surface area (Å²) in [6.45, 7) is 2.58. The summed E-state index contributed by atoms with van der Waals surface area (Å²) in [6.07, 6.45) is -1.13. The zero-order chi connectivity index (χ0) is 26.2. The first-order valence-electron chi connectivity index (χ1n) is 12.4. The highest BCUT2D eigenvalue weighted by atomic mass is 19.4. The maximum atomic E-state index is 13.2. The van der Waals surface area contributed by atoms with Crippen LogP contribution < -0.4 is 14.2 Å². The first-order valence-corrected chi connectivity index (χ1v) is 12.4. The van der Waals surface area contributed by atoms with E-state index < -0.39 is 18.0 Å². The van der Waals surface area contributed by atoms with E-state index in [1.165, 1.54) is 18.2 Å². The van der Waals surface area contributed by atoms with Crippen LogP contribution in [0.2, 0.25) is 0 Å². The van der Waals surface area contributed by atoms with Gasteiger partial charge in [0.25, 0.3) is 11.8 Å². The summed E-state index contributed by atoms with van der Waals surface area (Å²) in [4.78, 5) is 29.4. The Morgan fingerprint density at radius 3 is 2.30 bits per heavy atom. The number of amides is 2. The van der Waals surface area contributed by atoms with Crippen LogP contribution in [0.15, 0.2) is 42.5 Å². The highest BCUT2D eigenvalue weighted by Crippen LogP contribution is 2.42. The summed E-state index contributed by atoms with van der Waals surface area (Å²) in [6, 6.07) is 10.6. The lowest BCUT2D eigenvalue weighted by molar-refractivity contribution is -0.274. The molecule has 1 spiro atoms. The Hall–Kier alpha value is -3.43. The van der Waals surface area contributed by atoms with Gasteiger partial charge in [0.05, 0.1) is 19.3 Å². The molecule has 0 bridgehead atoms. The molecule has 2 aromatic rings. The van der Waals surface area contributed by atoms with Gasteiger partial charge in [-0.05, 0) is 61.9 Å². The monoisotopic (exact) mass is 518 g/mol. The summed E-state index contributed by atoms with van der Waals surface area (Å²) in [7, 11) is 1.57. The van der Waals surface area contributed by atoms with Crippen molar-refractivity contribution < 1.29 is 37.0 Å². The van der Waals surface area contributed by atoms with Crippen LogP contribution in [-0.2, 0) is 0 Å². The van der Waals surface area contributed by atoms with E-state index >= 15 is 0 Å². The van der Waals surface area contributed by atoms with Crippen molar-refractivity contribution >= 4 is 11.8 Å². The molecule has 2 heterocycles. The summed E-state index contributed by atoms with van der Waals surface area (Å²) in [5.41, 5.74) is 0.292. The third-order valence-corrected chi connectivity index (χ3v) is 7.38. The normalized spacial score (nSPS) is 18.8. The highest BCUT2D eigenvalue weighted by molar-refractivity contribution is 5.97. The standard InChI is InChI=1S/C27H29F3N2O5/c1-35-22-9-8-19(14-23(22)36-15-18-6-7-18)24(33)31-12-10-26(11-13-31)16-32(17-26)25(34)20-4-2-3-5-21(20)37-27(28,29)30/h2-5,8-9,14,18H,6-7,10-13,15-17H2,1H3. The number of benzene rings is 2. The number of ether oxygens (including phenoxy) is 3. The molecular formula is C27H29F3N2O5. The Morgan fingerprint density at radius 1 is 0.946 bits per heavy atom. The Balaban J connectivity index is 1.17. The topological polar surface area (TPSA) is 68.3 Å². The van der Waals surface area contributed by atoms with Crippen molar-refractivity contribution in [3.05, 3.63) is 53.6 Å². The second kappa shape index (κ2) is 9.79. The summed E-state index contributed by atoms with van der Waals surface area (Å²) >= 11 is 0. The zero-order valence-corrected chi connectivity index (χ0v) is 20.6. The van der Waals surface area contributed by atoms with E-state index in [1.54, 1.807) is 35.1 Å². The summed E-state index contributed by atoms with van der Waals surface area (Å²) in [5, 5.41) is 0. The molecule has 2 aromatic carbocycles. The van der Waals surface area contributed by atoms with Gasteiger partial charge in [-0.25, -0.2) is 0 Å². The third-order valence-electron chi connectivity index (χ3n) is 7.38. The molecule has 0 N–H and O–H groups in total. The Labute approximate surface area is 213 Å². The van der Waals surface area contributed by atoms with Crippen LogP contribution in [0.25, 0.3) is 0 Å². The average molecular weight is 519 g/mol. The number of methoxy groups -OCH3 is 1. The molecule has 7 nitrogen and oxygen atoms in total. The van der Waals surface area contributed by atoms with E-state index in [-0.39, 0.29) is 16.9 Å². The molecule has 1 saturated carbocycles. The van der Waals surface area contributed by atoms with Crippen molar-refractivity contribution in [3.63, 3.8) is 0 Å². The molecule has 2 aliphatic heterocycles. The van der Waals surface area contributed by atoms with Crippen LogP contribution >= 0.6 is 0 Å². The van der Waals surface area contributed by atoms with Crippen LogP contribution in [0.5, 0.6) is 17.2 Å². The molecule has 0 radical (unpaired) electrons. The molecule has 5 rings (SSSR count). The predicted octanol–water partition coefficient (Wildman–Crippen LogP) is 4.76. The van der Waals surface area contributed by atoms with E-state index in [9.17, 15) is 22.8 Å². The van der Waals surface area contributed by atoms with E-state index in [2.05, 4.69) is 4.74 Å². The Bertz CT molecular complexity index is 1160. The lowest BCUT2D eigenvalue weighted by Gasteiger charge is -2.54. The number of carbonyl (C=O) groups is 2. The fourth-order valence-corrected chi connectivity index (χ4v) is 5.03. The van der Waals surface area contributed by atoms with Gasteiger partial charge in [0, 0.05) is 37.2 Å². The van der Waals surface area contributed by atoms with Crippen LogP contribution in [0.4, 0.5) is 13.2 Å². The van der Waals surface area contributed by atoms with Crippen molar-refractivity contribution in [1.29, 1.82) is 0 Å². The number of hydrogen-bond donors (Lipinski definition) is 0. The van der Waals surface area contributed by atoms with Gasteiger partial charge in [-0.1, -0.05) is 12.1 Å². The third kappa shape index (κ3) is 5.62. The van der Waals surface area contributed by atoms with Gasteiger partial charge >= 0.3 is 6.36 Å². The molecule has 0 aromatic heterocycles. The number of likely N-dealkylation sites (tertiary alicyclic amines) is 2. The van der Waals surface area contributed by atoms with Crippen molar-refractivity contribution in [2.24, 2.45) is 11.3 Å². The first-order chi connectivity index (χ1) is 17.7. The quantitative estimate of drug-likeness (QED) is 0.529. The van der Waals surface area contributed by atoms with Gasteiger partial charge in [-0.2, -0.15) is 0 Å². The van der Waals surface area contributed by atoms with Gasteiger partial charge in [-0.15, -0.1) is 13.2 Å². The lowest BCUT2D eigenvalue weighted by atomic mass is 9.71. The van der Waals surface area contributed by atoms with Crippen LogP contribution in [0, 0.1) is 11.3 Å². The van der Waals surface area contributed by atoms with E-state index in [4.69, 9.17) is 9.47 Å². The second-order valence-electron chi connectivity index (χ2n) is 10.1. The SMILES string of the molecule is COc1ccc(C(=O)N2CCC3(CC2)CN(C(=O)c2ccccc2OC(F)(F)F)C3)cc1OCC1CC1. The number of rotatable bonds is 7. The van der Waals surface area contributed by atoms with Crippen molar-refractivity contribution in [3.8, 4) is 17.2 Å². The van der Waals surface area contributed by atoms with Gasteiger partial charge in [-0.3, -0.25) is 9.59 Å². The van der Waals surface area contributed by atoms with Crippen LogP contribution in [0.1, 0.15) is 46.4 Å². The van der Waals surface area contributed by atoms with Crippen molar-refractivity contribution in [2.75, 3.05) is 39.9 Å². The molecule has 3 aliphatic rings. The molecule has 3 fully saturated rings. The van der Waals surface area contributed by atoms with E-state index in [0.717, 1.165) is 18.9 Å². The highest BCUT2D eigenvalue weighted by Gasteiger charge is 2.48. The molecule has 2 saturated heterocycles. The molecule has 0 unspecified atom stereocenters. The van der Waals surface area contributed by atoms with Gasteiger partial charge in [0.15, 0.2) is 11.5 Å². The lowest BCUT2D eigenvalue weighted by Crippen LogP contribution is -2.62. The van der Waals surface area contributed by atoms with Crippen LogP contribution in [0.3, 0.4) is 0 Å². The molecule has 0 atom stereocenters. The number of nitrogens with zero attached hydrogens (tertiary/aromatic N) is 2. The molecular weight excluding hydrogens is 489 g/mol. The molecule has 10 heteroatoms. The van der Waals surface area contributed by atoms with Crippen LogP contribution in [-0.4, -0.2) is 67.9 Å². The molecule has 198 valence electrons. The minimum atomic E-state index is -4.88. The van der Waals surface area contributed by atoms with Gasteiger partial charge in [0.2, 0.25) is 0 Å². The van der Waals surface area contributed by atoms with E-state index in [0.29, 0.717) is 68.6 Å². The number of carbonyl (C=O) groups excluding carboxylic acids is 2. The average Bonchev–Trinajstić information content (AvgIpc) is 3.69. The number of piperidine rings is 1. The number of alkyl halides is 3. The number of halogens is 3. The van der Waals surface area contributed by atoms with E-state index in [1.807, 2.05) is 0 Å². The smallest absolute Gasteiger partial charge is 0.493 e. The minimum Gasteiger partial charge on any atom is -0.493 e. The van der Waals surface area contributed by atoms with Gasteiger partial charge < -0.3 is 24.0 Å². The summed E-state index contributed by atoms with van der Waals surface area (Å²) in [5.74, 6) is 0.663. The molecule has 37 heavy (non-hydrogen) atoms. The number of para-hydroxylation sites is 1.